The van der Waals surface area contributed by atoms with Crippen LogP contribution in [-0.2, 0) is 29.5 Å². The molecular formula is C34H41F3N8O2S2. The molecule has 4 aromatic rings. The molecule has 3 aromatic heterocycles. The number of piperazine rings is 1. The Kier molecular flexibility index (Phi) is 9.38. The number of hydrogen-bond donors (Lipinski definition) is 1. The molecule has 1 aliphatic carbocycles. The Balaban J connectivity index is 1.01. The molecule has 2 aliphatic heterocycles. The molecule has 49 heavy (non-hydrogen) atoms. The van der Waals surface area contributed by atoms with E-state index >= 15 is 0 Å². The molecule has 1 saturated carbocycles. The molecule has 262 valence electrons. The van der Waals surface area contributed by atoms with Crippen LogP contribution in [0.25, 0.3) is 21.1 Å². The monoisotopic (exact) mass is 714 g/mol. The highest BCUT2D eigenvalue weighted by Gasteiger charge is 2.38. The maximum absolute atomic E-state index is 13.0. The van der Waals surface area contributed by atoms with Crippen molar-refractivity contribution in [2.24, 2.45) is 5.92 Å². The summed E-state index contributed by atoms with van der Waals surface area (Å²) in [6.45, 7) is 7.77. The minimum atomic E-state index is -4.26. The molecule has 7 rings (SSSR count). The number of benzene rings is 1. The average Bonchev–Trinajstić information content (AvgIpc) is 3.71. The molecule has 0 bridgehead atoms. The molecule has 1 unspecified atom stereocenters. The Hall–Kier alpha value is -3.29. The number of thiophene rings is 1. The number of hydrogen-bond acceptors (Lipinski definition) is 9. The third-order valence-corrected chi connectivity index (χ3v) is 12.8. The number of nitrogens with zero attached hydrogens (tertiary/aromatic N) is 7. The predicted molar refractivity (Wildman–Crippen MR) is 185 cm³/mol. The van der Waals surface area contributed by atoms with Crippen molar-refractivity contribution in [2.75, 3.05) is 50.8 Å². The van der Waals surface area contributed by atoms with Gasteiger partial charge in [-0.2, -0.15) is 22.7 Å². The molecule has 1 atom stereocenters. The molecule has 5 heterocycles. The Labute approximate surface area is 288 Å². The summed E-state index contributed by atoms with van der Waals surface area (Å²) in [5, 5.41) is 15.4. The summed E-state index contributed by atoms with van der Waals surface area (Å²) in [4.78, 5) is 14.2. The normalized spacial score (nSPS) is 19.8. The molecule has 1 N–H and O–H groups in total. The maximum atomic E-state index is 13.0. The van der Waals surface area contributed by atoms with Crippen molar-refractivity contribution in [1.82, 2.24) is 28.6 Å². The van der Waals surface area contributed by atoms with Crippen molar-refractivity contribution >= 4 is 48.3 Å². The molecular weight excluding hydrogens is 674 g/mol. The van der Waals surface area contributed by atoms with Gasteiger partial charge in [0.1, 0.15) is 28.7 Å². The van der Waals surface area contributed by atoms with E-state index in [4.69, 9.17) is 0 Å². The fourth-order valence-electron chi connectivity index (χ4n) is 7.55. The van der Waals surface area contributed by atoms with Gasteiger partial charge in [-0.3, -0.25) is 9.80 Å². The average molecular weight is 715 g/mol. The Morgan fingerprint density at radius 2 is 1.78 bits per heavy atom. The van der Waals surface area contributed by atoms with Crippen LogP contribution >= 0.6 is 11.3 Å². The minimum Gasteiger partial charge on any atom is -0.367 e. The van der Waals surface area contributed by atoms with E-state index in [0.717, 1.165) is 67.6 Å². The summed E-state index contributed by atoms with van der Waals surface area (Å²) in [5.74, 6) is 1.15. The highest BCUT2D eigenvalue weighted by Crippen LogP contribution is 2.38. The highest BCUT2D eigenvalue weighted by atomic mass is 32.2. The van der Waals surface area contributed by atoms with Gasteiger partial charge >= 0.3 is 6.18 Å². The lowest BCUT2D eigenvalue weighted by atomic mass is 10.0. The molecule has 2 saturated heterocycles. The zero-order chi connectivity index (χ0) is 34.5. The Morgan fingerprint density at radius 3 is 2.43 bits per heavy atom. The van der Waals surface area contributed by atoms with Gasteiger partial charge in [0.15, 0.2) is 0 Å². The van der Waals surface area contributed by atoms with Crippen molar-refractivity contribution in [3.8, 4) is 6.07 Å². The second-order valence-electron chi connectivity index (χ2n) is 13.8. The number of piperidine rings is 1. The molecule has 0 spiro atoms. The van der Waals surface area contributed by atoms with Crippen LogP contribution in [0.3, 0.4) is 0 Å². The van der Waals surface area contributed by atoms with Crippen LogP contribution in [-0.4, -0.2) is 101 Å². The lowest BCUT2D eigenvalue weighted by molar-refractivity contribution is -0.126. The zero-order valence-electron chi connectivity index (χ0n) is 27.7. The first kappa shape index (κ1) is 34.2. The number of sulfonamides is 1. The van der Waals surface area contributed by atoms with Crippen LogP contribution in [0.4, 0.5) is 19.0 Å². The van der Waals surface area contributed by atoms with E-state index in [0.29, 0.717) is 60.4 Å². The summed E-state index contributed by atoms with van der Waals surface area (Å²) in [6, 6.07) is 10.8. The topological polar surface area (TPSA) is 110 Å². The number of likely N-dealkylation sites (tertiary alicyclic amines) is 1. The number of halogens is 3. The molecule has 15 heteroatoms. The fourth-order valence-corrected chi connectivity index (χ4v) is 9.41. The van der Waals surface area contributed by atoms with Gasteiger partial charge in [0.2, 0.25) is 10.0 Å². The third kappa shape index (κ3) is 7.58. The van der Waals surface area contributed by atoms with Crippen molar-refractivity contribution < 1.29 is 21.6 Å². The largest absolute Gasteiger partial charge is 0.393 e. The van der Waals surface area contributed by atoms with Crippen molar-refractivity contribution in [1.29, 1.82) is 5.26 Å². The van der Waals surface area contributed by atoms with Crippen molar-refractivity contribution in [3.63, 3.8) is 0 Å². The van der Waals surface area contributed by atoms with Gasteiger partial charge in [-0.25, -0.2) is 18.4 Å². The second-order valence-corrected chi connectivity index (χ2v) is 16.9. The van der Waals surface area contributed by atoms with E-state index < -0.39 is 22.6 Å². The Morgan fingerprint density at radius 1 is 1.04 bits per heavy atom. The summed E-state index contributed by atoms with van der Waals surface area (Å²) >= 11 is 1.06. The van der Waals surface area contributed by atoms with Gasteiger partial charge in [-0.1, -0.05) is 6.07 Å². The molecule has 10 nitrogen and oxygen atoms in total. The number of nitriles is 1. The standard InChI is InChI=1S/C34H41F3N8O2S2/c1-22-24(19-42-9-7-25(8-10-42)41-32-29-16-27(17-34(35,36)37)48-33(29)40-21-39-32)5-6-30-28(22)15-26(18-38)45(30)20-31(23-3-4-23)43-11-13-44(14-12-43)49(2,46)47/h5-6,15-16,21,23,25,31H,3-4,7-14,17,19-20H2,1-2H3,(H,39,40,41). The Bertz CT molecular complexity index is 1980. The van der Waals surface area contributed by atoms with Crippen LogP contribution in [0.15, 0.2) is 30.6 Å². The minimum absolute atomic E-state index is 0.157. The van der Waals surface area contributed by atoms with Crippen molar-refractivity contribution in [3.05, 3.63) is 52.3 Å². The number of fused-ring (bicyclic) bond motifs is 2. The molecule has 0 amide bonds. The van der Waals surface area contributed by atoms with E-state index in [2.05, 4.69) is 54.8 Å². The number of anilines is 1. The number of aryl methyl sites for hydroxylation is 1. The maximum Gasteiger partial charge on any atom is 0.393 e. The number of aromatic nitrogens is 3. The summed E-state index contributed by atoms with van der Waals surface area (Å²) in [5.41, 5.74) is 4.11. The van der Waals surface area contributed by atoms with Crippen LogP contribution < -0.4 is 5.32 Å². The molecule has 1 aromatic carbocycles. The zero-order valence-corrected chi connectivity index (χ0v) is 29.3. The lowest BCUT2D eigenvalue weighted by Crippen LogP contribution is -2.53. The number of nitrogens with one attached hydrogen (secondary N) is 1. The van der Waals surface area contributed by atoms with Gasteiger partial charge in [0.25, 0.3) is 0 Å². The highest BCUT2D eigenvalue weighted by molar-refractivity contribution is 7.88. The van der Waals surface area contributed by atoms with Gasteiger partial charge in [-0.05, 0) is 67.9 Å². The van der Waals surface area contributed by atoms with Gasteiger partial charge in [0, 0.05) is 80.2 Å². The predicted octanol–water partition coefficient (Wildman–Crippen LogP) is 5.36. The van der Waals surface area contributed by atoms with Gasteiger partial charge < -0.3 is 9.88 Å². The van der Waals surface area contributed by atoms with Crippen LogP contribution in [0.5, 0.6) is 0 Å². The summed E-state index contributed by atoms with van der Waals surface area (Å²) in [7, 11) is -3.20. The smallest absolute Gasteiger partial charge is 0.367 e. The van der Waals surface area contributed by atoms with Crippen molar-refractivity contribution in [2.45, 2.75) is 70.4 Å². The van der Waals surface area contributed by atoms with Gasteiger partial charge in [-0.15, -0.1) is 11.3 Å². The lowest BCUT2D eigenvalue weighted by Gasteiger charge is -2.39. The number of rotatable bonds is 10. The second kappa shape index (κ2) is 13.4. The summed E-state index contributed by atoms with van der Waals surface area (Å²) in [6.07, 6.45) is 1.53. The quantitative estimate of drug-likeness (QED) is 0.234. The van der Waals surface area contributed by atoms with E-state index in [-0.39, 0.29) is 17.0 Å². The molecule has 3 aliphatic rings. The van der Waals surface area contributed by atoms with E-state index in [1.165, 1.54) is 23.7 Å². The third-order valence-electron chi connectivity index (χ3n) is 10.4. The fraction of sp³-hybridized carbons (Fsp3) is 0.559. The van der Waals surface area contributed by atoms with E-state index in [1.54, 1.807) is 10.4 Å². The van der Waals surface area contributed by atoms with Crippen LogP contribution in [0.2, 0.25) is 0 Å². The first-order valence-corrected chi connectivity index (χ1v) is 19.5. The first-order valence-electron chi connectivity index (χ1n) is 16.9. The van der Waals surface area contributed by atoms with E-state index in [1.807, 2.05) is 6.07 Å². The van der Waals surface area contributed by atoms with Gasteiger partial charge in [0.05, 0.1) is 18.1 Å². The van der Waals surface area contributed by atoms with E-state index in [9.17, 15) is 26.9 Å². The first-order chi connectivity index (χ1) is 23.4. The molecule has 3 fully saturated rings. The number of alkyl halides is 3. The molecule has 0 radical (unpaired) electrons. The summed E-state index contributed by atoms with van der Waals surface area (Å²) < 4.78 is 66.8. The van der Waals surface area contributed by atoms with Crippen LogP contribution in [0, 0.1) is 24.2 Å². The SMILES string of the molecule is Cc1c(CN2CCC(Nc3ncnc4sc(CC(F)(F)F)cc34)CC2)ccc2c1cc(C#N)n2CC(C1CC1)N1CCN(S(C)(=O)=O)CC1. The van der Waals surface area contributed by atoms with Crippen LogP contribution in [0.1, 0.15) is 47.4 Å².